The fourth-order valence-corrected chi connectivity index (χ4v) is 5.14. The lowest BCUT2D eigenvalue weighted by Gasteiger charge is -2.28. The average Bonchev–Trinajstić information content (AvgIpc) is 3.13. The predicted octanol–water partition coefficient (Wildman–Crippen LogP) is 4.52. The molecule has 0 atom stereocenters. The summed E-state index contributed by atoms with van der Waals surface area (Å²) in [7, 11) is 0. The zero-order valence-electron chi connectivity index (χ0n) is 17.8. The fraction of sp³-hybridized carbons (Fsp3) is 0.417. The smallest absolute Gasteiger partial charge is 0.230 e. The topological polar surface area (TPSA) is 80.5 Å². The van der Waals surface area contributed by atoms with E-state index in [0.717, 1.165) is 47.8 Å². The van der Waals surface area contributed by atoms with Gasteiger partial charge in [-0.25, -0.2) is 9.97 Å². The van der Waals surface area contributed by atoms with Crippen molar-refractivity contribution >= 4 is 33.7 Å². The standard InChI is InChI=1S/C24H27N7/c1-15-2-4-18(5-3-15)31-21-14-26-9-7-19(21)20-13-28-24(30-23(20)31)29-22-10-16-6-8-25-11-17(16)12-27-22/h7,9-10,12-15,18,25H,2-6,8,11H2,1H3,(H,27,28,29,30). The first-order chi connectivity index (χ1) is 15.3. The van der Waals surface area contributed by atoms with Gasteiger partial charge >= 0.3 is 0 Å². The molecule has 0 unspecified atom stereocenters. The van der Waals surface area contributed by atoms with E-state index in [2.05, 4.69) is 49.2 Å². The second-order valence-electron chi connectivity index (χ2n) is 9.00. The molecule has 2 N–H and O–H groups in total. The van der Waals surface area contributed by atoms with Crippen LogP contribution < -0.4 is 10.6 Å². The molecule has 4 aromatic heterocycles. The highest BCUT2D eigenvalue weighted by molar-refractivity contribution is 6.06. The molecule has 4 aromatic rings. The largest absolute Gasteiger partial charge is 0.321 e. The number of aromatic nitrogens is 5. The van der Waals surface area contributed by atoms with Gasteiger partial charge in [0, 0.05) is 41.9 Å². The van der Waals surface area contributed by atoms with Crippen LogP contribution in [0.1, 0.15) is 49.8 Å². The van der Waals surface area contributed by atoms with Crippen LogP contribution >= 0.6 is 0 Å². The van der Waals surface area contributed by atoms with Crippen LogP contribution in [-0.2, 0) is 13.0 Å². The summed E-state index contributed by atoms with van der Waals surface area (Å²) in [5.41, 5.74) is 4.76. The first kappa shape index (κ1) is 18.7. The summed E-state index contributed by atoms with van der Waals surface area (Å²) in [5, 5.41) is 9.00. The van der Waals surface area contributed by atoms with Gasteiger partial charge in [-0.15, -0.1) is 0 Å². The molecule has 0 spiro atoms. The van der Waals surface area contributed by atoms with Crippen LogP contribution in [0.15, 0.2) is 36.9 Å². The molecular formula is C24H27N7. The van der Waals surface area contributed by atoms with Crippen LogP contribution in [0.3, 0.4) is 0 Å². The molecule has 1 saturated carbocycles. The van der Waals surface area contributed by atoms with E-state index in [1.807, 2.05) is 24.8 Å². The van der Waals surface area contributed by atoms with E-state index in [0.29, 0.717) is 12.0 Å². The van der Waals surface area contributed by atoms with Gasteiger partial charge in [0.2, 0.25) is 5.95 Å². The van der Waals surface area contributed by atoms with Crippen molar-refractivity contribution in [3.05, 3.63) is 48.0 Å². The summed E-state index contributed by atoms with van der Waals surface area (Å²) < 4.78 is 2.41. The number of rotatable bonds is 3. The van der Waals surface area contributed by atoms with Crippen LogP contribution in [0.2, 0.25) is 0 Å². The molecule has 0 amide bonds. The molecule has 1 aliphatic heterocycles. The summed E-state index contributed by atoms with van der Waals surface area (Å²) in [5.74, 6) is 2.20. The van der Waals surface area contributed by atoms with E-state index in [1.165, 1.54) is 42.2 Å². The molecule has 0 bridgehead atoms. The number of hydrogen-bond acceptors (Lipinski definition) is 6. The van der Waals surface area contributed by atoms with Crippen LogP contribution in [0.25, 0.3) is 21.9 Å². The van der Waals surface area contributed by atoms with Crippen molar-refractivity contribution in [1.82, 2.24) is 29.8 Å². The molecule has 5 heterocycles. The quantitative estimate of drug-likeness (QED) is 0.514. The summed E-state index contributed by atoms with van der Waals surface area (Å²) >= 11 is 0. The predicted molar refractivity (Wildman–Crippen MR) is 122 cm³/mol. The van der Waals surface area contributed by atoms with Gasteiger partial charge in [0.05, 0.1) is 11.7 Å². The number of pyridine rings is 2. The van der Waals surface area contributed by atoms with Gasteiger partial charge in [0.15, 0.2) is 0 Å². The van der Waals surface area contributed by atoms with Crippen LogP contribution in [-0.4, -0.2) is 31.0 Å². The Hall–Kier alpha value is -3.06. The van der Waals surface area contributed by atoms with Crippen molar-refractivity contribution in [2.45, 2.75) is 51.6 Å². The Labute approximate surface area is 181 Å². The zero-order valence-corrected chi connectivity index (χ0v) is 17.8. The SMILES string of the molecule is CC1CCC(n2c3cnccc3c3cnc(Nc4cc5c(cn4)CNCC5)nc32)CC1. The number of hydrogen-bond donors (Lipinski definition) is 2. The van der Waals surface area contributed by atoms with Gasteiger partial charge in [-0.3, -0.25) is 4.98 Å². The Kier molecular flexibility index (Phi) is 4.56. The van der Waals surface area contributed by atoms with Gasteiger partial charge < -0.3 is 15.2 Å². The third-order valence-corrected chi connectivity index (χ3v) is 6.91. The first-order valence-corrected chi connectivity index (χ1v) is 11.3. The van der Waals surface area contributed by atoms with Crippen molar-refractivity contribution in [3.63, 3.8) is 0 Å². The Morgan fingerprint density at radius 2 is 1.94 bits per heavy atom. The van der Waals surface area contributed by atoms with Crippen LogP contribution in [0.5, 0.6) is 0 Å². The lowest BCUT2D eigenvalue weighted by atomic mass is 9.87. The Morgan fingerprint density at radius 1 is 1.03 bits per heavy atom. The van der Waals surface area contributed by atoms with E-state index >= 15 is 0 Å². The highest BCUT2D eigenvalue weighted by Gasteiger charge is 2.24. The molecule has 7 nitrogen and oxygen atoms in total. The molecule has 7 heteroatoms. The van der Waals surface area contributed by atoms with Crippen molar-refractivity contribution in [3.8, 4) is 0 Å². The van der Waals surface area contributed by atoms with Gasteiger partial charge in [0.25, 0.3) is 0 Å². The maximum atomic E-state index is 4.97. The maximum absolute atomic E-state index is 4.97. The number of fused-ring (bicyclic) bond motifs is 4. The van der Waals surface area contributed by atoms with Crippen molar-refractivity contribution in [2.75, 3.05) is 11.9 Å². The van der Waals surface area contributed by atoms with Gasteiger partial charge in [-0.1, -0.05) is 6.92 Å². The Balaban J connectivity index is 1.41. The molecule has 0 aromatic carbocycles. The minimum absolute atomic E-state index is 0.456. The Morgan fingerprint density at radius 3 is 2.84 bits per heavy atom. The first-order valence-electron chi connectivity index (χ1n) is 11.3. The summed E-state index contributed by atoms with van der Waals surface area (Å²) in [6.45, 7) is 4.25. The van der Waals surface area contributed by atoms with Gasteiger partial charge in [-0.2, -0.15) is 4.98 Å². The minimum Gasteiger partial charge on any atom is -0.321 e. The van der Waals surface area contributed by atoms with E-state index in [4.69, 9.17) is 4.98 Å². The third-order valence-electron chi connectivity index (χ3n) is 6.91. The van der Waals surface area contributed by atoms with Crippen molar-refractivity contribution in [1.29, 1.82) is 0 Å². The third kappa shape index (κ3) is 3.33. The average molecular weight is 414 g/mol. The summed E-state index contributed by atoms with van der Waals surface area (Å²) in [4.78, 5) is 18.6. The van der Waals surface area contributed by atoms with Gasteiger partial charge in [0.1, 0.15) is 11.5 Å². The van der Waals surface area contributed by atoms with Gasteiger partial charge in [-0.05, 0) is 67.8 Å². The van der Waals surface area contributed by atoms with Crippen LogP contribution in [0, 0.1) is 5.92 Å². The molecule has 0 saturated heterocycles. The summed E-state index contributed by atoms with van der Waals surface area (Å²) in [6.07, 6.45) is 13.6. The molecule has 6 rings (SSSR count). The lowest BCUT2D eigenvalue weighted by molar-refractivity contribution is 0.298. The second kappa shape index (κ2) is 7.57. The highest BCUT2D eigenvalue weighted by atomic mass is 15.2. The minimum atomic E-state index is 0.456. The lowest BCUT2D eigenvalue weighted by Crippen LogP contribution is -2.23. The monoisotopic (exact) mass is 413 g/mol. The van der Waals surface area contributed by atoms with E-state index in [9.17, 15) is 0 Å². The van der Waals surface area contributed by atoms with Crippen molar-refractivity contribution < 1.29 is 0 Å². The van der Waals surface area contributed by atoms with Crippen molar-refractivity contribution in [2.24, 2.45) is 5.92 Å². The highest BCUT2D eigenvalue weighted by Crippen LogP contribution is 2.38. The van der Waals surface area contributed by atoms with E-state index < -0.39 is 0 Å². The molecule has 2 aliphatic rings. The van der Waals surface area contributed by atoms with E-state index in [1.54, 1.807) is 0 Å². The number of anilines is 2. The van der Waals surface area contributed by atoms with Crippen LogP contribution in [0.4, 0.5) is 11.8 Å². The Bertz CT molecular complexity index is 1250. The molecule has 0 radical (unpaired) electrons. The molecule has 158 valence electrons. The number of nitrogens with one attached hydrogen (secondary N) is 2. The normalized spacial score (nSPS) is 21.3. The second-order valence-corrected chi connectivity index (χ2v) is 9.00. The summed E-state index contributed by atoms with van der Waals surface area (Å²) in [6, 6.07) is 4.67. The number of nitrogens with zero attached hydrogens (tertiary/aromatic N) is 5. The molecule has 31 heavy (non-hydrogen) atoms. The van der Waals surface area contributed by atoms with E-state index in [-0.39, 0.29) is 0 Å². The molecule has 1 aliphatic carbocycles. The zero-order chi connectivity index (χ0) is 20.8. The fourth-order valence-electron chi connectivity index (χ4n) is 5.14. The molecule has 1 fully saturated rings. The molecular weight excluding hydrogens is 386 g/mol. The maximum Gasteiger partial charge on any atom is 0.230 e.